The molecule has 0 heterocycles. The van der Waals surface area contributed by atoms with Crippen LogP contribution in [0.1, 0.15) is 13.8 Å². The molecule has 0 aromatic heterocycles. The predicted molar refractivity (Wildman–Crippen MR) is 54.0 cm³/mol. The first-order chi connectivity index (χ1) is 5.82. The van der Waals surface area contributed by atoms with Crippen LogP contribution < -0.4 is 0 Å². The molecule has 0 aliphatic heterocycles. The predicted octanol–water partition coefficient (Wildman–Crippen LogP) is 1.16. The van der Waals surface area contributed by atoms with E-state index in [0.717, 1.165) is 0 Å². The van der Waals surface area contributed by atoms with E-state index in [9.17, 15) is 9.10 Å². The van der Waals surface area contributed by atoms with Gasteiger partial charge in [0.1, 0.15) is 0 Å². The van der Waals surface area contributed by atoms with Gasteiger partial charge in [0.25, 0.3) is 0 Å². The van der Waals surface area contributed by atoms with Crippen LogP contribution in [0.2, 0.25) is 0 Å². The molecule has 5 nitrogen and oxygen atoms in total. The molecule has 7 heteroatoms. The van der Waals surface area contributed by atoms with E-state index < -0.39 is 18.4 Å². The molecule has 0 bridgehead atoms. The molecule has 0 fully saturated rings. The van der Waals surface area contributed by atoms with Gasteiger partial charge in [-0.3, -0.25) is 0 Å². The van der Waals surface area contributed by atoms with E-state index in [1.165, 1.54) is 6.66 Å². The van der Waals surface area contributed by atoms with Gasteiger partial charge in [-0.25, -0.2) is 0 Å². The molecule has 0 aromatic rings. The second-order valence-electron chi connectivity index (χ2n) is 2.80. The molecule has 13 heavy (non-hydrogen) atoms. The van der Waals surface area contributed by atoms with E-state index in [4.69, 9.17) is 13.6 Å². The summed E-state index contributed by atoms with van der Waals surface area (Å²) >= 11 is -2.12. The van der Waals surface area contributed by atoms with Crippen molar-refractivity contribution >= 4 is 18.4 Å². The molecular weight excluding hydrogens is 215 g/mol. The van der Waals surface area contributed by atoms with Crippen LogP contribution in [0, 0.1) is 0 Å². The van der Waals surface area contributed by atoms with Crippen molar-refractivity contribution in [2.24, 2.45) is 0 Å². The third kappa shape index (κ3) is 5.00. The van der Waals surface area contributed by atoms with Crippen molar-refractivity contribution < 1.29 is 22.7 Å². The maximum absolute atomic E-state index is 10.6. The van der Waals surface area contributed by atoms with Gasteiger partial charge in [0.2, 0.25) is 0 Å². The van der Waals surface area contributed by atoms with Crippen LogP contribution in [0.25, 0.3) is 0 Å². The molecule has 1 unspecified atom stereocenters. The molecule has 1 atom stereocenters. The Bertz CT molecular complexity index is 185. The number of hydrogen-bond donors (Lipinski definition) is 2. The average molecular weight is 232 g/mol. The molecule has 2 N–H and O–H groups in total. The van der Waals surface area contributed by atoms with Gasteiger partial charge in [0, 0.05) is 0 Å². The van der Waals surface area contributed by atoms with Crippen LogP contribution in [0.5, 0.6) is 0 Å². The molecule has 0 spiro atoms. The summed E-state index contributed by atoms with van der Waals surface area (Å²) in [6.07, 6.45) is 0. The normalized spacial score (nSPS) is 17.8. The molecule has 82 valence electrons. The van der Waals surface area contributed by atoms with Gasteiger partial charge in [-0.2, -0.15) is 0 Å². The number of rotatable bonds is 6. The standard InChI is InChI=1S/C6H17O5PS/c1-4-10-12(3,7,11-5-2)6-13(8)9/h7H,4-6H2,1-3H3,(H,8,9). The molecule has 0 radical (unpaired) electrons. The zero-order chi connectivity index (χ0) is 10.6. The summed E-state index contributed by atoms with van der Waals surface area (Å²) in [6.45, 7) is 5.26. The third-order valence-corrected chi connectivity index (χ3v) is 6.38. The maximum atomic E-state index is 10.6. The molecular formula is C6H17O5PS. The minimum absolute atomic E-state index is 0.252. The summed E-state index contributed by atoms with van der Waals surface area (Å²) in [7, 11) is -3.83. The van der Waals surface area contributed by atoms with E-state index in [2.05, 4.69) is 0 Å². The van der Waals surface area contributed by atoms with E-state index in [-0.39, 0.29) is 18.7 Å². The van der Waals surface area contributed by atoms with Gasteiger partial charge in [-0.1, -0.05) is 0 Å². The van der Waals surface area contributed by atoms with Crippen LogP contribution in [-0.4, -0.2) is 39.0 Å². The van der Waals surface area contributed by atoms with Crippen LogP contribution >= 0.6 is 7.28 Å². The van der Waals surface area contributed by atoms with Crippen LogP contribution in [0.4, 0.5) is 0 Å². The number of hydrogen-bond acceptors (Lipinski definition) is 4. The van der Waals surface area contributed by atoms with Gasteiger partial charge in [-0.15, -0.1) is 0 Å². The van der Waals surface area contributed by atoms with Gasteiger partial charge < -0.3 is 0 Å². The van der Waals surface area contributed by atoms with Crippen molar-refractivity contribution in [1.29, 1.82) is 0 Å². The quantitative estimate of drug-likeness (QED) is 0.531. The van der Waals surface area contributed by atoms with E-state index in [1.54, 1.807) is 13.8 Å². The summed E-state index contributed by atoms with van der Waals surface area (Å²) in [4.78, 5) is 9.98. The Kier molecular flexibility index (Phi) is 4.93. The Balaban J connectivity index is 4.57. The Morgan fingerprint density at radius 1 is 1.31 bits per heavy atom. The van der Waals surface area contributed by atoms with E-state index in [0.29, 0.717) is 0 Å². The van der Waals surface area contributed by atoms with Crippen LogP contribution in [-0.2, 0) is 20.1 Å². The molecule has 0 saturated carbocycles. The van der Waals surface area contributed by atoms with Gasteiger partial charge >= 0.3 is 80.3 Å². The molecule has 0 aliphatic rings. The minimum atomic E-state index is -3.83. The Hall–Kier alpha value is 0.420. The zero-order valence-corrected chi connectivity index (χ0v) is 9.81. The van der Waals surface area contributed by atoms with Crippen molar-refractivity contribution in [3.63, 3.8) is 0 Å². The molecule has 0 aromatic carbocycles. The fraction of sp³-hybridized carbons (Fsp3) is 1.00. The van der Waals surface area contributed by atoms with E-state index >= 15 is 0 Å². The monoisotopic (exact) mass is 232 g/mol. The van der Waals surface area contributed by atoms with Crippen molar-refractivity contribution in [1.82, 2.24) is 0 Å². The Labute approximate surface area is 80.9 Å². The average Bonchev–Trinajstić information content (AvgIpc) is 1.82. The van der Waals surface area contributed by atoms with Crippen LogP contribution in [0.15, 0.2) is 0 Å². The molecule has 0 rings (SSSR count). The first kappa shape index (κ1) is 13.4. The van der Waals surface area contributed by atoms with Gasteiger partial charge in [0.15, 0.2) is 0 Å². The van der Waals surface area contributed by atoms with E-state index in [1.807, 2.05) is 0 Å². The second-order valence-corrected chi connectivity index (χ2v) is 8.03. The van der Waals surface area contributed by atoms with Crippen molar-refractivity contribution in [3.05, 3.63) is 0 Å². The fourth-order valence-corrected chi connectivity index (χ4v) is 5.02. The summed E-state index contributed by atoms with van der Waals surface area (Å²) < 4.78 is 29.4. The SMILES string of the molecule is CCOP(C)(O)(CS(=O)O)OCC. The third-order valence-electron chi connectivity index (χ3n) is 1.32. The first-order valence-corrected chi connectivity index (χ1v) is 7.89. The fourth-order valence-electron chi connectivity index (χ4n) is 1.02. The second kappa shape index (κ2) is 4.77. The summed E-state index contributed by atoms with van der Waals surface area (Å²) in [5.74, 6) is 0. The van der Waals surface area contributed by atoms with Gasteiger partial charge in [-0.05, 0) is 0 Å². The summed E-state index contributed by atoms with van der Waals surface area (Å²) in [5, 5.41) is 0. The molecule has 0 aliphatic carbocycles. The summed E-state index contributed by atoms with van der Waals surface area (Å²) in [5.41, 5.74) is -0.368. The molecule has 0 amide bonds. The Morgan fingerprint density at radius 3 is 1.92 bits per heavy atom. The van der Waals surface area contributed by atoms with Crippen molar-refractivity contribution in [2.45, 2.75) is 13.8 Å². The first-order valence-electron chi connectivity index (χ1n) is 3.96. The molecule has 0 saturated heterocycles. The van der Waals surface area contributed by atoms with Crippen molar-refractivity contribution in [2.75, 3.05) is 25.4 Å². The topological polar surface area (TPSA) is 76.0 Å². The zero-order valence-electron chi connectivity index (χ0n) is 8.10. The summed E-state index contributed by atoms with van der Waals surface area (Å²) in [6, 6.07) is 0. The van der Waals surface area contributed by atoms with Gasteiger partial charge in [0.05, 0.1) is 0 Å². The Morgan fingerprint density at radius 2 is 1.69 bits per heavy atom. The van der Waals surface area contributed by atoms with Crippen molar-refractivity contribution in [3.8, 4) is 0 Å². The van der Waals surface area contributed by atoms with Crippen LogP contribution in [0.3, 0.4) is 0 Å².